The number of aromatic nitrogens is 1. The first-order valence-electron chi connectivity index (χ1n) is 8.55. The van der Waals surface area contributed by atoms with Crippen LogP contribution in [0.5, 0.6) is 0 Å². The summed E-state index contributed by atoms with van der Waals surface area (Å²) in [6.07, 6.45) is -0.480. The van der Waals surface area contributed by atoms with Crippen LogP contribution in [0.1, 0.15) is 5.56 Å². The number of aromatic amines is 1. The Hall–Kier alpha value is -2.39. The number of nitrogens with one attached hydrogen (secondary N) is 1. The van der Waals surface area contributed by atoms with Gasteiger partial charge in [-0.15, -0.1) is 0 Å². The lowest BCUT2D eigenvalue weighted by Gasteiger charge is -2.34. The van der Waals surface area contributed by atoms with Gasteiger partial charge in [0.15, 0.2) is 0 Å². The fourth-order valence-corrected chi connectivity index (χ4v) is 5.16. The van der Waals surface area contributed by atoms with Crippen molar-refractivity contribution in [2.75, 3.05) is 19.8 Å². The summed E-state index contributed by atoms with van der Waals surface area (Å²) < 4.78 is 5.50. The SMILES string of the molecule is C[Si](C)(C)c1[nH]c2ccc([N+](=O)[O-])cc2c1C[C@H]1COCCN1C(=O)O. The van der Waals surface area contributed by atoms with Gasteiger partial charge in [-0.1, -0.05) is 19.6 Å². The normalized spacial score (nSPS) is 18.3. The van der Waals surface area contributed by atoms with Crippen molar-refractivity contribution in [1.29, 1.82) is 0 Å². The van der Waals surface area contributed by atoms with Gasteiger partial charge in [-0.2, -0.15) is 0 Å². The number of fused-ring (bicyclic) bond motifs is 1. The highest BCUT2D eigenvalue weighted by Gasteiger charge is 2.32. The molecule has 0 spiro atoms. The topological polar surface area (TPSA) is 109 Å². The van der Waals surface area contributed by atoms with E-state index in [1.807, 2.05) is 0 Å². The van der Waals surface area contributed by atoms with Crippen molar-refractivity contribution in [3.05, 3.63) is 33.9 Å². The minimum Gasteiger partial charge on any atom is -0.465 e. The van der Waals surface area contributed by atoms with E-state index in [9.17, 15) is 20.0 Å². The number of rotatable bonds is 4. The van der Waals surface area contributed by atoms with Crippen molar-refractivity contribution in [1.82, 2.24) is 9.88 Å². The van der Waals surface area contributed by atoms with Crippen molar-refractivity contribution in [3.63, 3.8) is 0 Å². The van der Waals surface area contributed by atoms with Gasteiger partial charge in [0.1, 0.15) is 0 Å². The first-order valence-corrected chi connectivity index (χ1v) is 12.0. The standard InChI is InChI=1S/C17H23N3O5Si/c1-26(2,3)16-14(9-12-10-25-7-6-19(12)17(21)22)13-8-11(20(23)24)4-5-15(13)18-16/h4-5,8,12,18H,6-7,9-10H2,1-3H3,(H,21,22)/t12-/m0/s1. The van der Waals surface area contributed by atoms with Crippen molar-refractivity contribution >= 4 is 36.1 Å². The molecule has 1 aliphatic rings. The summed E-state index contributed by atoms with van der Waals surface area (Å²) in [4.78, 5) is 27.2. The Morgan fingerprint density at radius 1 is 1.46 bits per heavy atom. The second kappa shape index (κ2) is 6.73. The van der Waals surface area contributed by atoms with E-state index in [1.165, 1.54) is 11.0 Å². The third-order valence-corrected chi connectivity index (χ3v) is 6.69. The summed E-state index contributed by atoms with van der Waals surface area (Å²) in [6, 6.07) is 4.51. The highest BCUT2D eigenvalue weighted by atomic mass is 28.3. The molecule has 140 valence electrons. The maximum Gasteiger partial charge on any atom is 0.407 e. The first-order chi connectivity index (χ1) is 12.2. The number of nitro benzene ring substituents is 1. The number of H-pyrrole nitrogens is 1. The van der Waals surface area contributed by atoms with Gasteiger partial charge in [-0.3, -0.25) is 10.1 Å². The molecule has 1 aromatic carbocycles. The van der Waals surface area contributed by atoms with Gasteiger partial charge in [0.25, 0.3) is 5.69 Å². The van der Waals surface area contributed by atoms with Crippen LogP contribution in [0, 0.1) is 10.1 Å². The number of carboxylic acid groups (broad SMARTS) is 1. The average molecular weight is 377 g/mol. The number of amides is 1. The predicted octanol–water partition coefficient (Wildman–Crippen LogP) is 2.54. The molecule has 3 rings (SSSR count). The van der Waals surface area contributed by atoms with Crippen molar-refractivity contribution in [2.45, 2.75) is 32.1 Å². The molecule has 1 aromatic heterocycles. The molecule has 26 heavy (non-hydrogen) atoms. The molecule has 0 aliphatic carbocycles. The van der Waals surface area contributed by atoms with Crippen LogP contribution >= 0.6 is 0 Å². The lowest BCUT2D eigenvalue weighted by molar-refractivity contribution is -0.384. The fourth-order valence-electron chi connectivity index (χ4n) is 3.51. The molecule has 0 saturated carbocycles. The van der Waals surface area contributed by atoms with E-state index in [-0.39, 0.29) is 11.7 Å². The van der Waals surface area contributed by atoms with Crippen LogP contribution in [0.3, 0.4) is 0 Å². The highest BCUT2D eigenvalue weighted by Crippen LogP contribution is 2.27. The van der Waals surface area contributed by atoms with Crippen LogP contribution < -0.4 is 5.32 Å². The number of non-ortho nitro benzene ring substituents is 1. The number of hydrogen-bond donors (Lipinski definition) is 2. The van der Waals surface area contributed by atoms with Crippen molar-refractivity contribution in [2.24, 2.45) is 0 Å². The van der Waals surface area contributed by atoms with E-state index in [4.69, 9.17) is 4.74 Å². The smallest absolute Gasteiger partial charge is 0.407 e. The predicted molar refractivity (Wildman–Crippen MR) is 101 cm³/mol. The number of ether oxygens (including phenoxy) is 1. The van der Waals surface area contributed by atoms with Crippen LogP contribution in [0.2, 0.25) is 19.6 Å². The molecular weight excluding hydrogens is 354 g/mol. The molecule has 2 heterocycles. The Labute approximate surface area is 151 Å². The Balaban J connectivity index is 2.10. The number of nitro groups is 1. The third-order valence-electron chi connectivity index (χ3n) is 4.76. The molecule has 1 amide bonds. The summed E-state index contributed by atoms with van der Waals surface area (Å²) in [5, 5.41) is 22.6. The molecule has 0 bridgehead atoms. The molecule has 8 nitrogen and oxygen atoms in total. The molecular formula is C17H23N3O5Si. The fraction of sp³-hybridized carbons (Fsp3) is 0.471. The van der Waals surface area contributed by atoms with Crippen LogP contribution in [-0.4, -0.2) is 59.9 Å². The van der Waals surface area contributed by atoms with Gasteiger partial charge in [-0.05, 0) is 18.1 Å². The lowest BCUT2D eigenvalue weighted by Crippen LogP contribution is -2.50. The zero-order valence-corrected chi connectivity index (χ0v) is 16.1. The Bertz CT molecular complexity index is 858. The summed E-state index contributed by atoms with van der Waals surface area (Å²) in [5.74, 6) is 0. The molecule has 2 aromatic rings. The van der Waals surface area contributed by atoms with Gasteiger partial charge in [0.2, 0.25) is 0 Å². The number of nitrogens with zero attached hydrogens (tertiary/aromatic N) is 2. The van der Waals surface area contributed by atoms with Gasteiger partial charge in [-0.25, -0.2) is 4.79 Å². The van der Waals surface area contributed by atoms with Gasteiger partial charge < -0.3 is 19.7 Å². The monoisotopic (exact) mass is 377 g/mol. The lowest BCUT2D eigenvalue weighted by atomic mass is 10.0. The maximum absolute atomic E-state index is 11.6. The first kappa shape index (κ1) is 18.4. The molecule has 1 fully saturated rings. The number of hydrogen-bond acceptors (Lipinski definition) is 4. The summed E-state index contributed by atoms with van der Waals surface area (Å²) in [7, 11) is -1.77. The second-order valence-electron chi connectivity index (χ2n) is 7.62. The summed E-state index contributed by atoms with van der Waals surface area (Å²) in [5.41, 5.74) is 1.86. The molecule has 1 saturated heterocycles. The minimum atomic E-state index is -1.77. The van der Waals surface area contributed by atoms with E-state index >= 15 is 0 Å². The zero-order chi connectivity index (χ0) is 19.1. The summed E-state index contributed by atoms with van der Waals surface area (Å²) >= 11 is 0. The Morgan fingerprint density at radius 2 is 2.19 bits per heavy atom. The minimum absolute atomic E-state index is 0.0369. The van der Waals surface area contributed by atoms with Crippen LogP contribution in [0.25, 0.3) is 10.9 Å². The van der Waals surface area contributed by atoms with Crippen molar-refractivity contribution in [3.8, 4) is 0 Å². The van der Waals surface area contributed by atoms with E-state index in [1.54, 1.807) is 12.1 Å². The van der Waals surface area contributed by atoms with E-state index in [0.29, 0.717) is 26.2 Å². The van der Waals surface area contributed by atoms with Gasteiger partial charge in [0, 0.05) is 34.9 Å². The third kappa shape index (κ3) is 3.45. The number of carbonyl (C=O) groups is 1. The Morgan fingerprint density at radius 3 is 2.81 bits per heavy atom. The highest BCUT2D eigenvalue weighted by molar-refractivity contribution is 6.88. The Kier molecular flexibility index (Phi) is 4.76. The number of morpholine rings is 1. The number of benzene rings is 1. The molecule has 0 radical (unpaired) electrons. The zero-order valence-electron chi connectivity index (χ0n) is 15.1. The maximum atomic E-state index is 11.6. The van der Waals surface area contributed by atoms with Gasteiger partial charge >= 0.3 is 6.09 Å². The molecule has 9 heteroatoms. The molecule has 0 unspecified atom stereocenters. The molecule has 1 aliphatic heterocycles. The average Bonchev–Trinajstić information content (AvgIpc) is 2.93. The van der Waals surface area contributed by atoms with E-state index in [0.717, 1.165) is 21.8 Å². The largest absolute Gasteiger partial charge is 0.465 e. The van der Waals surface area contributed by atoms with Crippen LogP contribution in [-0.2, 0) is 11.2 Å². The second-order valence-corrected chi connectivity index (χ2v) is 12.6. The summed E-state index contributed by atoms with van der Waals surface area (Å²) in [6.45, 7) is 7.65. The molecule has 1 atom stereocenters. The van der Waals surface area contributed by atoms with Crippen molar-refractivity contribution < 1.29 is 19.6 Å². The van der Waals surface area contributed by atoms with Crippen LogP contribution in [0.15, 0.2) is 18.2 Å². The van der Waals surface area contributed by atoms with Crippen LogP contribution in [0.4, 0.5) is 10.5 Å². The molecule has 2 N–H and O–H groups in total. The quantitative estimate of drug-likeness (QED) is 0.483. The van der Waals surface area contributed by atoms with Gasteiger partial charge in [0.05, 0.1) is 32.3 Å². The van der Waals surface area contributed by atoms with E-state index in [2.05, 4.69) is 24.6 Å². The van der Waals surface area contributed by atoms with E-state index < -0.39 is 19.1 Å².